The first-order valence-corrected chi connectivity index (χ1v) is 5.26. The molecule has 1 aromatic rings. The van der Waals surface area contributed by atoms with Gasteiger partial charge in [0.05, 0.1) is 30.6 Å². The molecule has 2 atom stereocenters. The van der Waals surface area contributed by atoms with Crippen LogP contribution in [0, 0.1) is 10.1 Å². The molecule has 0 saturated heterocycles. The Morgan fingerprint density at radius 2 is 2.05 bits per heavy atom. The topological polar surface area (TPSA) is 130 Å². The van der Waals surface area contributed by atoms with E-state index < -0.39 is 29.5 Å². The van der Waals surface area contributed by atoms with Crippen molar-refractivity contribution < 1.29 is 29.8 Å². The lowest BCUT2D eigenvalue weighted by atomic mass is 10.0. The molecule has 0 radical (unpaired) electrons. The van der Waals surface area contributed by atoms with Crippen molar-refractivity contribution in [1.82, 2.24) is 0 Å². The van der Waals surface area contributed by atoms with Crippen LogP contribution in [0.25, 0.3) is 0 Å². The fourth-order valence-corrected chi connectivity index (χ4v) is 1.51. The van der Waals surface area contributed by atoms with E-state index in [-0.39, 0.29) is 17.0 Å². The van der Waals surface area contributed by atoms with Gasteiger partial charge in [0, 0.05) is 6.07 Å². The van der Waals surface area contributed by atoms with Crippen molar-refractivity contribution >= 4 is 11.7 Å². The second-order valence-corrected chi connectivity index (χ2v) is 3.83. The number of carbonyl (C=O) groups is 1. The largest absolute Gasteiger partial charge is 0.496 e. The number of aliphatic hydroxyl groups excluding tert-OH is 2. The lowest BCUT2D eigenvalue weighted by molar-refractivity contribution is -0.385. The van der Waals surface area contributed by atoms with Crippen LogP contribution in [-0.4, -0.2) is 39.4 Å². The van der Waals surface area contributed by atoms with E-state index in [4.69, 9.17) is 9.84 Å². The van der Waals surface area contributed by atoms with Gasteiger partial charge in [0.15, 0.2) is 0 Å². The number of carboxylic acid groups (broad SMARTS) is 1. The highest BCUT2D eigenvalue weighted by molar-refractivity contribution is 5.67. The Labute approximate surface area is 108 Å². The molecule has 0 aliphatic rings. The van der Waals surface area contributed by atoms with Gasteiger partial charge in [0.2, 0.25) is 0 Å². The lowest BCUT2D eigenvalue weighted by Gasteiger charge is -2.17. The second kappa shape index (κ2) is 6.12. The Bertz CT molecular complexity index is 488. The van der Waals surface area contributed by atoms with Crippen molar-refractivity contribution in [2.75, 3.05) is 7.11 Å². The summed E-state index contributed by atoms with van der Waals surface area (Å²) in [7, 11) is 1.29. The highest BCUT2D eigenvalue weighted by Crippen LogP contribution is 2.28. The van der Waals surface area contributed by atoms with Crippen molar-refractivity contribution in [1.29, 1.82) is 0 Å². The summed E-state index contributed by atoms with van der Waals surface area (Å²) >= 11 is 0. The molecule has 0 aliphatic carbocycles. The molecule has 0 spiro atoms. The number of aliphatic hydroxyl groups is 2. The molecule has 8 heteroatoms. The Balaban J connectivity index is 3.07. The number of nitrogens with zero attached hydrogens (tertiary/aromatic N) is 1. The van der Waals surface area contributed by atoms with Crippen LogP contribution in [0.2, 0.25) is 0 Å². The summed E-state index contributed by atoms with van der Waals surface area (Å²) in [5, 5.41) is 38.5. The number of hydrogen-bond donors (Lipinski definition) is 3. The van der Waals surface area contributed by atoms with Crippen LogP contribution >= 0.6 is 0 Å². The van der Waals surface area contributed by atoms with E-state index in [1.54, 1.807) is 0 Å². The lowest BCUT2D eigenvalue weighted by Crippen LogP contribution is -2.21. The molecule has 0 saturated carbocycles. The van der Waals surface area contributed by atoms with Crippen LogP contribution in [0.15, 0.2) is 18.2 Å². The SMILES string of the molecule is COc1cc(C(O)C(O)CC(=O)O)cc([N+](=O)[O-])c1. The molecule has 2 unspecified atom stereocenters. The third-order valence-electron chi connectivity index (χ3n) is 2.45. The minimum atomic E-state index is -1.57. The van der Waals surface area contributed by atoms with Crippen molar-refractivity contribution in [3.63, 3.8) is 0 Å². The highest BCUT2D eigenvalue weighted by atomic mass is 16.6. The summed E-state index contributed by atoms with van der Waals surface area (Å²) in [6.07, 6.45) is -3.79. The molecule has 104 valence electrons. The number of ether oxygens (including phenoxy) is 1. The van der Waals surface area contributed by atoms with E-state index in [0.717, 1.165) is 12.1 Å². The third-order valence-corrected chi connectivity index (χ3v) is 2.45. The van der Waals surface area contributed by atoms with Gasteiger partial charge in [-0.15, -0.1) is 0 Å². The number of nitro groups is 1. The fraction of sp³-hybridized carbons (Fsp3) is 0.364. The van der Waals surface area contributed by atoms with E-state index in [1.165, 1.54) is 13.2 Å². The number of non-ortho nitro benzene ring substituents is 1. The predicted octanol–water partition coefficient (Wildman–Crippen LogP) is 0.472. The number of nitro benzene ring substituents is 1. The van der Waals surface area contributed by atoms with E-state index in [9.17, 15) is 25.1 Å². The zero-order valence-corrected chi connectivity index (χ0v) is 10.0. The highest BCUT2D eigenvalue weighted by Gasteiger charge is 2.23. The molecule has 1 aromatic carbocycles. The molecule has 0 bridgehead atoms. The van der Waals surface area contributed by atoms with Gasteiger partial charge in [-0.3, -0.25) is 14.9 Å². The number of benzene rings is 1. The summed E-state index contributed by atoms with van der Waals surface area (Å²) in [4.78, 5) is 20.5. The van der Waals surface area contributed by atoms with Gasteiger partial charge in [-0.25, -0.2) is 0 Å². The van der Waals surface area contributed by atoms with E-state index in [2.05, 4.69) is 0 Å². The van der Waals surface area contributed by atoms with Crippen molar-refractivity contribution in [2.24, 2.45) is 0 Å². The standard InChI is InChI=1S/C11H13NO7/c1-19-8-3-6(2-7(4-8)12(17)18)11(16)9(13)5-10(14)15/h2-4,9,11,13,16H,5H2,1H3,(H,14,15). The molecule has 0 amide bonds. The minimum absolute atomic E-state index is 0.0137. The van der Waals surface area contributed by atoms with Crippen molar-refractivity contribution in [3.8, 4) is 5.75 Å². The van der Waals surface area contributed by atoms with Gasteiger partial charge in [-0.2, -0.15) is 0 Å². The number of rotatable bonds is 6. The van der Waals surface area contributed by atoms with E-state index >= 15 is 0 Å². The molecular formula is C11H13NO7. The fourth-order valence-electron chi connectivity index (χ4n) is 1.51. The quantitative estimate of drug-likeness (QED) is 0.506. The maximum atomic E-state index is 10.7. The first kappa shape index (κ1) is 14.9. The maximum absolute atomic E-state index is 10.7. The molecular weight excluding hydrogens is 258 g/mol. The normalized spacial score (nSPS) is 13.6. The Morgan fingerprint density at radius 3 is 2.53 bits per heavy atom. The Morgan fingerprint density at radius 1 is 1.42 bits per heavy atom. The van der Waals surface area contributed by atoms with Crippen molar-refractivity contribution in [2.45, 2.75) is 18.6 Å². The molecule has 0 fully saturated rings. The van der Waals surface area contributed by atoms with Crippen LogP contribution in [0.5, 0.6) is 5.75 Å². The third kappa shape index (κ3) is 3.90. The molecule has 0 heterocycles. The van der Waals surface area contributed by atoms with Crippen LogP contribution in [-0.2, 0) is 4.79 Å². The number of aliphatic carboxylic acids is 1. The zero-order chi connectivity index (χ0) is 14.6. The number of hydrogen-bond acceptors (Lipinski definition) is 6. The molecule has 0 aliphatic heterocycles. The average Bonchev–Trinajstić information content (AvgIpc) is 2.36. The zero-order valence-electron chi connectivity index (χ0n) is 10.0. The van der Waals surface area contributed by atoms with Crippen LogP contribution in [0.1, 0.15) is 18.1 Å². The van der Waals surface area contributed by atoms with Gasteiger partial charge >= 0.3 is 5.97 Å². The van der Waals surface area contributed by atoms with Crippen molar-refractivity contribution in [3.05, 3.63) is 33.9 Å². The first-order chi connectivity index (χ1) is 8.85. The number of methoxy groups -OCH3 is 1. The predicted molar refractivity (Wildman–Crippen MR) is 62.9 cm³/mol. The van der Waals surface area contributed by atoms with Crippen LogP contribution in [0.4, 0.5) is 5.69 Å². The summed E-state index contributed by atoms with van der Waals surface area (Å²) in [5.74, 6) is -1.16. The summed E-state index contributed by atoms with van der Waals surface area (Å²) in [5.41, 5.74) is -0.310. The van der Waals surface area contributed by atoms with Crippen LogP contribution in [0.3, 0.4) is 0 Å². The first-order valence-electron chi connectivity index (χ1n) is 5.26. The molecule has 19 heavy (non-hydrogen) atoms. The van der Waals surface area contributed by atoms with Gasteiger partial charge in [-0.05, 0) is 11.6 Å². The summed E-state index contributed by atoms with van der Waals surface area (Å²) in [6.45, 7) is 0. The van der Waals surface area contributed by atoms with Crippen LogP contribution < -0.4 is 4.74 Å². The van der Waals surface area contributed by atoms with Gasteiger partial charge in [-0.1, -0.05) is 0 Å². The molecule has 1 rings (SSSR count). The Kier molecular flexibility index (Phi) is 4.79. The van der Waals surface area contributed by atoms with Gasteiger partial charge in [0.25, 0.3) is 5.69 Å². The van der Waals surface area contributed by atoms with E-state index in [1.807, 2.05) is 0 Å². The Hall–Kier alpha value is -2.19. The molecule has 8 nitrogen and oxygen atoms in total. The second-order valence-electron chi connectivity index (χ2n) is 3.83. The number of carboxylic acids is 1. The summed E-state index contributed by atoms with van der Waals surface area (Å²) < 4.78 is 4.84. The van der Waals surface area contributed by atoms with Gasteiger partial charge < -0.3 is 20.1 Å². The molecule has 3 N–H and O–H groups in total. The van der Waals surface area contributed by atoms with Gasteiger partial charge in [0.1, 0.15) is 11.9 Å². The summed E-state index contributed by atoms with van der Waals surface area (Å²) in [6, 6.07) is 3.50. The average molecular weight is 271 g/mol. The monoisotopic (exact) mass is 271 g/mol. The van der Waals surface area contributed by atoms with E-state index in [0.29, 0.717) is 0 Å². The smallest absolute Gasteiger partial charge is 0.306 e. The maximum Gasteiger partial charge on any atom is 0.306 e. The molecule has 0 aromatic heterocycles. The minimum Gasteiger partial charge on any atom is -0.496 e.